The molecule has 11 rings (SSSR count). The summed E-state index contributed by atoms with van der Waals surface area (Å²) in [6.45, 7) is 50.5. The second-order valence-electron chi connectivity index (χ2n) is 38.5. The number of piperidine rings is 2. The molecular formula is C85H145Br3I2N16O10Si5. The van der Waals surface area contributed by atoms with Gasteiger partial charge in [0.25, 0.3) is 0 Å². The number of pyridine rings is 3. The first-order chi connectivity index (χ1) is 57.0. The lowest BCUT2D eigenvalue weighted by molar-refractivity contribution is 0.0205. The lowest BCUT2D eigenvalue weighted by Gasteiger charge is -2.34. The molecule has 0 radical (unpaired) electrons. The predicted octanol–water partition coefficient (Wildman–Crippen LogP) is 22.5. The zero-order valence-electron chi connectivity index (χ0n) is 75.8. The molecule has 4 aliphatic rings. The van der Waals surface area contributed by atoms with Gasteiger partial charge in [0.05, 0.1) is 48.0 Å². The van der Waals surface area contributed by atoms with Gasteiger partial charge in [-0.3, -0.25) is 5.10 Å². The fraction of sp³-hybridized carbons (Fsp3) is 0.659. The average molecular weight is 2190 g/mol. The Bertz CT molecular complexity index is 4020. The molecule has 26 nitrogen and oxygen atoms in total. The molecule has 0 bridgehead atoms. The van der Waals surface area contributed by atoms with E-state index in [9.17, 15) is 9.90 Å². The van der Waals surface area contributed by atoms with Crippen molar-refractivity contribution in [3.8, 4) is 17.2 Å². The van der Waals surface area contributed by atoms with Crippen LogP contribution >= 0.6 is 93.0 Å². The van der Waals surface area contributed by atoms with Gasteiger partial charge in [-0.1, -0.05) is 137 Å². The van der Waals surface area contributed by atoms with E-state index in [4.69, 9.17) is 48.6 Å². The third kappa shape index (κ3) is 45.6. The summed E-state index contributed by atoms with van der Waals surface area (Å²) >= 11 is 14.7. The number of likely N-dealkylation sites (tertiary alicyclic amines) is 1. The Hall–Kier alpha value is -3.87. The molecule has 36 heteroatoms. The summed E-state index contributed by atoms with van der Waals surface area (Å²) in [5.74, 6) is 3.27. The van der Waals surface area contributed by atoms with Crippen LogP contribution in [0, 0.1) is 7.27 Å². The normalized spacial score (nSPS) is 15.4. The number of ether oxygens (including phenoxy) is 8. The van der Waals surface area contributed by atoms with Gasteiger partial charge in [-0.2, -0.15) is 15.3 Å². The molecule has 2 aliphatic carbocycles. The van der Waals surface area contributed by atoms with Gasteiger partial charge in [0, 0.05) is 133 Å². The number of amides is 1. The number of halogens is 5. The summed E-state index contributed by atoms with van der Waals surface area (Å²) in [7, 11) is -5.19. The quantitative estimate of drug-likeness (QED) is 0.00811. The Labute approximate surface area is 781 Å². The van der Waals surface area contributed by atoms with E-state index in [0.29, 0.717) is 72.4 Å². The summed E-state index contributed by atoms with van der Waals surface area (Å²) in [6, 6.07) is 20.9. The maximum absolute atomic E-state index is 12.1. The van der Waals surface area contributed by atoms with E-state index in [0.717, 1.165) is 152 Å². The van der Waals surface area contributed by atoms with Crippen LogP contribution in [0.4, 0.5) is 33.5 Å². The number of hydrogen-bond donors (Lipinski definition) is 5. The van der Waals surface area contributed by atoms with Crippen LogP contribution in [0.25, 0.3) is 0 Å². The molecule has 0 atom stereocenters. The third-order valence-electron chi connectivity index (χ3n) is 19.9. The number of carbonyl (C=O) groups excluding carboxylic acids is 1. The summed E-state index contributed by atoms with van der Waals surface area (Å²) in [5.41, 5.74) is 8.23. The van der Waals surface area contributed by atoms with Gasteiger partial charge in [-0.05, 0) is 251 Å². The largest absolute Gasteiger partial charge is 0.505 e. The van der Waals surface area contributed by atoms with Gasteiger partial charge in [0.15, 0.2) is 29.7 Å². The Kier molecular flexibility index (Phi) is 47.1. The highest BCUT2D eigenvalue weighted by molar-refractivity contribution is 14.1. The first kappa shape index (κ1) is 106. The number of anilines is 5. The molecule has 0 unspecified atom stereocenters. The number of nitrogens with one attached hydrogen (secondary N) is 3. The number of aromatic nitrogens is 10. The van der Waals surface area contributed by atoms with E-state index in [1.807, 2.05) is 85.3 Å². The van der Waals surface area contributed by atoms with Crippen LogP contribution in [-0.2, 0) is 48.6 Å². The van der Waals surface area contributed by atoms with Gasteiger partial charge in [0.1, 0.15) is 56.1 Å². The number of nitrogens with two attached hydrogens (primary N) is 1. The minimum atomic E-state index is -1.10. The van der Waals surface area contributed by atoms with Crippen LogP contribution in [0.3, 0.4) is 0 Å². The molecule has 680 valence electrons. The Morgan fingerprint density at radius 2 is 1.02 bits per heavy atom. The number of carbonyl (C=O) groups is 1. The Morgan fingerprint density at radius 3 is 1.50 bits per heavy atom. The highest BCUT2D eigenvalue weighted by atomic mass is 127. The molecule has 2 saturated heterocycles. The number of nitrogens with zero attached hydrogens (tertiary/aromatic N) is 12. The molecule has 1 amide bonds. The van der Waals surface area contributed by atoms with Gasteiger partial charge in [0.2, 0.25) is 0 Å². The lowest BCUT2D eigenvalue weighted by atomic mass is 9.94. The fourth-order valence-electron chi connectivity index (χ4n) is 12.7. The minimum Gasteiger partial charge on any atom is -0.505 e. The molecule has 2 aliphatic heterocycles. The monoisotopic (exact) mass is 2180 g/mol. The Balaban J connectivity index is 0.000000237. The number of hydrogen-bond acceptors (Lipinski definition) is 21. The molecule has 4 fully saturated rings. The van der Waals surface area contributed by atoms with E-state index >= 15 is 0 Å². The molecule has 9 heterocycles. The van der Waals surface area contributed by atoms with Gasteiger partial charge < -0.3 is 78.6 Å². The van der Waals surface area contributed by atoms with Crippen molar-refractivity contribution in [2.24, 2.45) is 5.73 Å². The van der Waals surface area contributed by atoms with E-state index in [1.54, 1.807) is 17.2 Å². The van der Waals surface area contributed by atoms with Crippen molar-refractivity contribution in [2.75, 3.05) is 87.9 Å². The first-order valence-electron chi connectivity index (χ1n) is 43.2. The van der Waals surface area contributed by atoms with Crippen molar-refractivity contribution in [1.29, 1.82) is 0 Å². The molecular weight excluding hydrogens is 2040 g/mol. The molecule has 121 heavy (non-hydrogen) atoms. The zero-order chi connectivity index (χ0) is 88.8. The summed E-state index contributed by atoms with van der Waals surface area (Å²) in [4.78, 5) is 32.0. The zero-order valence-corrected chi connectivity index (χ0v) is 89.8. The van der Waals surface area contributed by atoms with Gasteiger partial charge >= 0.3 is 6.09 Å². The average Bonchev–Trinajstić information content (AvgIpc) is 1.74. The maximum Gasteiger partial charge on any atom is 0.410 e. The third-order valence-corrected chi connectivity index (χ3v) is 31.4. The standard InChI is InChI=1S/C26H45BrN4O3Si2.C19H36N4O3Si.C13H16BrN5O.C11H17BrINO2Si.C10H18INOSi.C6H13N/c1-35(2,3)16-14-32-20-30-19-23(18-28-30)31(22-10-8-7-9-11-22)25-13-12-24(26(27)29-25)34-21-33-15-17-36(4,5)6;1-19(2,3)26-18(24)22-9-7-16(8-10-22)21-17-13-20-23(14-17)15-25-11-12-27(4,5)6;14-13-11(20)1-2-12(18-13)19(10-7-16-17-8-10)9-3-5-15-6-4-9;1-17(2,3)7-6-15-8-16-9-4-5-10(13)14-11(9)12;1-14(2,3)7-6-13-9-12-5-4-10(11)8-12;7-6-4-2-1-3-5-6/h12-13,18-19,22H,7-11,14-17,20-21H2,1-6H3;13-14,16,21H,7-12,15H2,1-6H3;1-2,7-9,15,20H,3-6H2,(H,16,17);4-5H,6-8H2,1-3H3;4-5,8H,6-7,9H2,1-3H3;6H,1-5,7H2. The topological polar surface area (TPSA) is 279 Å². The first-order valence-corrected chi connectivity index (χ1v) is 66.2. The number of aromatic amines is 1. The van der Waals surface area contributed by atoms with Crippen LogP contribution in [0.15, 0.2) is 106 Å². The van der Waals surface area contributed by atoms with Crippen LogP contribution in [0.5, 0.6) is 17.2 Å². The highest BCUT2D eigenvalue weighted by Gasteiger charge is 2.30. The molecule has 0 aromatic carbocycles. The summed E-state index contributed by atoms with van der Waals surface area (Å²) in [6.07, 6.45) is 32.1. The SMILES string of the molecule is CC(C)(C)OC(=O)N1CCC(Nc2cnn(COCC[Si](C)(C)C)c2)CC1.C[Si](C)(C)CCOCOc1ccc(I)nc1Br.C[Si](C)(C)CCOCOc1ccc(N(c2cnn(COCC[Si](C)(C)C)c2)C2CCCCC2)nc1Br.C[Si](C)(C)CCOCn1ccc(I)c1.NC1CCCCC1.Oc1ccc(N(c2cn[nH]c2)C2CCNCC2)nc1Br. The van der Waals surface area contributed by atoms with Crippen molar-refractivity contribution in [2.45, 2.75) is 289 Å². The van der Waals surface area contributed by atoms with E-state index < -0.39 is 46.0 Å². The summed E-state index contributed by atoms with van der Waals surface area (Å²) in [5, 5.41) is 32.3. The van der Waals surface area contributed by atoms with Crippen LogP contribution < -0.4 is 35.6 Å². The van der Waals surface area contributed by atoms with Crippen molar-refractivity contribution in [3.63, 3.8) is 0 Å². The van der Waals surface area contributed by atoms with E-state index in [1.165, 1.54) is 61.0 Å². The minimum absolute atomic E-state index is 0.145. The molecule has 7 aromatic rings. The number of H-pyrrole nitrogens is 1. The highest BCUT2D eigenvalue weighted by Crippen LogP contribution is 2.37. The number of aromatic hydroxyl groups is 1. The molecule has 7 aromatic heterocycles. The molecule has 2 saturated carbocycles. The molecule has 0 spiro atoms. The second-order valence-corrected chi connectivity index (χ2v) is 71.2. The van der Waals surface area contributed by atoms with Crippen molar-refractivity contribution < 1.29 is 47.8 Å². The van der Waals surface area contributed by atoms with Crippen molar-refractivity contribution >= 4 is 168 Å². The van der Waals surface area contributed by atoms with Crippen molar-refractivity contribution in [1.82, 2.24) is 59.5 Å². The van der Waals surface area contributed by atoms with Crippen LogP contribution in [0.2, 0.25) is 128 Å². The smallest absolute Gasteiger partial charge is 0.410 e. The van der Waals surface area contributed by atoms with Gasteiger partial charge in [-0.15, -0.1) is 0 Å². The van der Waals surface area contributed by atoms with Crippen molar-refractivity contribution in [3.05, 3.63) is 113 Å². The summed E-state index contributed by atoms with van der Waals surface area (Å²) < 4.78 is 55.0. The lowest BCUT2D eigenvalue weighted by Crippen LogP contribution is -2.44. The van der Waals surface area contributed by atoms with Crippen LogP contribution in [0.1, 0.15) is 111 Å². The maximum atomic E-state index is 12.1. The van der Waals surface area contributed by atoms with Gasteiger partial charge in [-0.25, -0.2) is 29.1 Å². The Morgan fingerprint density at radius 1 is 0.554 bits per heavy atom. The van der Waals surface area contributed by atoms with E-state index in [-0.39, 0.29) is 25.4 Å². The second kappa shape index (κ2) is 53.8. The predicted molar refractivity (Wildman–Crippen MR) is 534 cm³/mol. The van der Waals surface area contributed by atoms with Crippen LogP contribution in [-0.4, -0.2) is 208 Å². The number of rotatable bonds is 35. The van der Waals surface area contributed by atoms with E-state index in [2.05, 4.69) is 271 Å². The fourth-order valence-corrected chi connectivity index (χ4v) is 18.9. The molecule has 6 N–H and O–H groups in total.